The first kappa shape index (κ1) is 128. The Hall–Kier alpha value is -4.53. The Morgan fingerprint density at radius 3 is 0.316 bits per heavy atom. The van der Waals surface area contributed by atoms with Gasteiger partial charge in [-0.25, -0.2) is 50.5 Å². The molecule has 0 saturated heterocycles. The van der Waals surface area contributed by atoms with E-state index < -0.39 is 60.7 Å². The van der Waals surface area contributed by atoms with Gasteiger partial charge in [-0.1, -0.05) is 497 Å². The predicted molar refractivity (Wildman–Crippen MR) is 540 cm³/mol. The smallest absolute Gasteiger partial charge is 0.124 e. The van der Waals surface area contributed by atoms with Crippen LogP contribution in [0.4, 0.5) is 0 Å². The third-order valence-electron chi connectivity index (χ3n) is 24.2. The van der Waals surface area contributed by atoms with Gasteiger partial charge in [-0.05, 0) is 147 Å². The van der Waals surface area contributed by atoms with Gasteiger partial charge in [0, 0.05) is 21.1 Å². The molecule has 0 bridgehead atoms. The zero-order valence-corrected chi connectivity index (χ0v) is 90.6. The summed E-state index contributed by atoms with van der Waals surface area (Å²) in [7, 11) is -26.1. The van der Waals surface area contributed by atoms with E-state index in [1.807, 2.05) is 0 Å². The molecule has 6 aromatic carbocycles. The Morgan fingerprint density at radius 2 is 0.226 bits per heavy atom. The average Bonchev–Trinajstić information content (AvgIpc) is 0.870. The van der Waals surface area contributed by atoms with Crippen LogP contribution in [-0.4, -0.2) is 77.8 Å². The molecule has 0 aromatic heterocycles. The van der Waals surface area contributed by atoms with Crippen LogP contribution in [0, 0.1) is 0 Å². The molecule has 762 valence electrons. The van der Waals surface area contributed by atoms with E-state index in [2.05, 4.69) is 41.5 Å². The molecule has 0 atom stereocenters. The van der Waals surface area contributed by atoms with Gasteiger partial charge in [0.25, 0.3) is 0 Å². The quantitative estimate of drug-likeness (QED) is 0.0253. The molecule has 0 fully saturated rings. The largest absolute Gasteiger partial charge is 0.744 e. The first-order chi connectivity index (χ1) is 63.3. The molecule has 0 aliphatic carbocycles. The van der Waals surface area contributed by atoms with Crippen molar-refractivity contribution in [3.8, 4) is 0 Å². The van der Waals surface area contributed by atoms with Crippen molar-refractivity contribution in [2.45, 2.75) is 495 Å². The summed E-state index contributed by atoms with van der Waals surface area (Å²) in [5, 5.41) is 0. The van der Waals surface area contributed by atoms with Gasteiger partial charge in [-0.15, -0.1) is 0 Å². The third kappa shape index (κ3) is 69.9. The fourth-order valence-electron chi connectivity index (χ4n) is 16.5. The van der Waals surface area contributed by atoms with Gasteiger partial charge < -0.3 is 27.3 Å². The summed E-state index contributed by atoms with van der Waals surface area (Å²) >= 11 is 0. The molecule has 0 radical (unpaired) electrons. The van der Waals surface area contributed by atoms with E-state index in [0.717, 1.165) is 77.0 Å². The summed E-state index contributed by atoms with van der Waals surface area (Å²) in [6.45, 7) is 13.4. The minimum atomic E-state index is -4.35. The second kappa shape index (κ2) is 82.2. The Balaban J connectivity index is 0.00000157. The number of rotatable bonds is 72. The van der Waals surface area contributed by atoms with Crippen molar-refractivity contribution < 1.29 is 98.9 Å². The zero-order chi connectivity index (χ0) is 97.6. The van der Waals surface area contributed by atoms with Crippen molar-refractivity contribution in [2.24, 2.45) is 0 Å². The first-order valence-electron chi connectivity index (χ1n) is 51.6. The van der Waals surface area contributed by atoms with Gasteiger partial charge in [-0.3, -0.25) is 0 Å². The number of aryl methyl sites for hydroxylation is 6. The molecule has 0 spiro atoms. The van der Waals surface area contributed by atoms with Gasteiger partial charge >= 0.3 is 0 Å². The monoisotopic (exact) mass is 2140 g/mol. The molecule has 133 heavy (non-hydrogen) atoms. The van der Waals surface area contributed by atoms with Crippen molar-refractivity contribution in [2.75, 3.05) is 0 Å². The Labute approximate surface area is 826 Å². The second-order valence-corrected chi connectivity index (χ2v) is 44.1. The predicted octanol–water partition coefficient (Wildman–Crippen LogP) is 30.3. The number of hydrogen-bond donors (Lipinski definition) is 0. The summed E-state index contributed by atoms with van der Waals surface area (Å²) in [6, 6.07) is 39.3. The SMILES string of the molecule is CCCCCCCCCCCCc1ccccc1S(=O)(=O)[O-].CCCCCCCCCCCCc1ccccc1S(=O)(=O)[O-].CCCCCCCCCCCCc1ccccc1S(=O)(=O)[O-].CCCCCCCCCCCCc1ccccc1S(=O)(=O)[O-].CCCCCCCCCCCCc1ccccc1S(=O)(=O)[O-].CCCCCCCCCCCCc1ccccc1S(=O)(=O)[O-].[W]. The van der Waals surface area contributed by atoms with Crippen LogP contribution in [0.1, 0.15) is 460 Å². The van der Waals surface area contributed by atoms with Crippen LogP contribution in [0.15, 0.2) is 175 Å². The summed E-state index contributed by atoms with van der Waals surface area (Å²) < 4.78 is 201. The maximum Gasteiger partial charge on any atom is 0.124 e. The number of benzene rings is 6. The van der Waals surface area contributed by atoms with Crippen LogP contribution in [0.2, 0.25) is 0 Å². The van der Waals surface area contributed by atoms with E-state index in [9.17, 15) is 77.8 Å². The minimum absolute atomic E-state index is 0. The molecule has 0 unspecified atom stereocenters. The van der Waals surface area contributed by atoms with Crippen LogP contribution >= 0.6 is 0 Å². The van der Waals surface area contributed by atoms with Crippen molar-refractivity contribution in [1.82, 2.24) is 0 Å². The molecule has 0 amide bonds. The van der Waals surface area contributed by atoms with Crippen LogP contribution in [0.25, 0.3) is 0 Å². The Kier molecular flexibility index (Phi) is 79.4. The fraction of sp³-hybridized carbons (Fsp3) is 0.667. The number of hydrogen-bond acceptors (Lipinski definition) is 18. The van der Waals surface area contributed by atoms with Gasteiger partial charge in [0.2, 0.25) is 0 Å². The molecule has 0 aliphatic rings. The molecular weight excluding hydrogens is 1960 g/mol. The van der Waals surface area contributed by atoms with Crippen LogP contribution in [0.3, 0.4) is 0 Å². The molecule has 6 aromatic rings. The maximum atomic E-state index is 11.2. The van der Waals surface area contributed by atoms with Crippen molar-refractivity contribution in [3.05, 3.63) is 179 Å². The summed E-state index contributed by atoms with van der Waals surface area (Å²) in [5.41, 5.74) is 3.98. The number of unbranched alkanes of at least 4 members (excludes halogenated alkanes) is 54. The van der Waals surface area contributed by atoms with E-state index in [-0.39, 0.29) is 50.4 Å². The molecular formula is C108H174O18S6W-6. The summed E-state index contributed by atoms with van der Waals surface area (Å²) in [4.78, 5) is -0.300. The molecule has 6 rings (SSSR count). The summed E-state index contributed by atoms with van der Waals surface area (Å²) in [6.07, 6.45) is 78.9. The van der Waals surface area contributed by atoms with Gasteiger partial charge in [0.1, 0.15) is 60.7 Å². The average molecular weight is 2140 g/mol. The molecule has 18 nitrogen and oxygen atoms in total. The standard InChI is InChI=1S/6C18H30O3S.W/c6*1-2-3-4-5-6-7-8-9-10-11-14-17-15-12-13-16-18(17)22(19,20)21;/h6*12-13,15-16H,2-11,14H2,1H3,(H,19,20,21);/p-6. The molecule has 0 aliphatic heterocycles. The first-order valence-corrected chi connectivity index (χ1v) is 60.0. The van der Waals surface area contributed by atoms with E-state index in [4.69, 9.17) is 0 Å². The fourth-order valence-corrected chi connectivity index (χ4v) is 21.0. The Bertz CT molecular complexity index is 3800. The van der Waals surface area contributed by atoms with Crippen molar-refractivity contribution in [3.63, 3.8) is 0 Å². The topological polar surface area (TPSA) is 343 Å². The van der Waals surface area contributed by atoms with Crippen LogP contribution < -0.4 is 0 Å². The normalized spacial score (nSPS) is 11.6. The third-order valence-corrected chi connectivity index (χ3v) is 29.9. The molecule has 25 heteroatoms. The summed E-state index contributed by atoms with van der Waals surface area (Å²) in [5.74, 6) is 0. The van der Waals surface area contributed by atoms with Gasteiger partial charge in [0.05, 0.1) is 29.4 Å². The molecule has 0 heterocycles. The molecule has 0 N–H and O–H groups in total. The van der Waals surface area contributed by atoms with Gasteiger partial charge in [-0.2, -0.15) is 0 Å². The minimum Gasteiger partial charge on any atom is -0.744 e. The Morgan fingerprint density at radius 1 is 0.143 bits per heavy atom. The zero-order valence-electron chi connectivity index (χ0n) is 82.7. The van der Waals surface area contributed by atoms with Gasteiger partial charge in [0.15, 0.2) is 0 Å². The van der Waals surface area contributed by atoms with Crippen LogP contribution in [-0.2, 0) is 120 Å². The van der Waals surface area contributed by atoms with E-state index in [0.29, 0.717) is 71.9 Å². The van der Waals surface area contributed by atoms with E-state index in [1.54, 1.807) is 109 Å². The molecule has 0 saturated carbocycles. The van der Waals surface area contributed by atoms with Crippen molar-refractivity contribution in [1.29, 1.82) is 0 Å². The van der Waals surface area contributed by atoms with E-state index in [1.165, 1.54) is 345 Å². The second-order valence-electron chi connectivity index (χ2n) is 36.0. The van der Waals surface area contributed by atoms with Crippen molar-refractivity contribution >= 4 is 60.7 Å². The van der Waals surface area contributed by atoms with Crippen LogP contribution in [0.5, 0.6) is 0 Å². The van der Waals surface area contributed by atoms with E-state index >= 15 is 0 Å². The maximum absolute atomic E-state index is 11.2.